The molecule has 1 amide bonds. The summed E-state index contributed by atoms with van der Waals surface area (Å²) >= 11 is 0. The summed E-state index contributed by atoms with van der Waals surface area (Å²) in [5, 5.41) is 3.23. The maximum absolute atomic E-state index is 12.2. The SMILES string of the molecule is COc1ccccc1CN(C)C(=O)C1CCCN1.Cl. The molecular formula is C14H21ClN2O2. The van der Waals surface area contributed by atoms with Crippen LogP contribution in [0.4, 0.5) is 0 Å². The Balaban J connectivity index is 0.00000180. The topological polar surface area (TPSA) is 41.6 Å². The number of para-hydroxylation sites is 1. The Hall–Kier alpha value is -1.26. The highest BCUT2D eigenvalue weighted by molar-refractivity contribution is 5.85. The van der Waals surface area contributed by atoms with Gasteiger partial charge in [0.25, 0.3) is 0 Å². The molecule has 0 bridgehead atoms. The van der Waals surface area contributed by atoms with Crippen LogP contribution in [0.2, 0.25) is 0 Å². The first-order valence-corrected chi connectivity index (χ1v) is 6.32. The van der Waals surface area contributed by atoms with Gasteiger partial charge in [-0.15, -0.1) is 12.4 Å². The van der Waals surface area contributed by atoms with Crippen molar-refractivity contribution >= 4 is 18.3 Å². The van der Waals surface area contributed by atoms with Crippen molar-refractivity contribution in [3.05, 3.63) is 29.8 Å². The Morgan fingerprint density at radius 1 is 1.47 bits per heavy atom. The van der Waals surface area contributed by atoms with Gasteiger partial charge in [0.2, 0.25) is 5.91 Å². The van der Waals surface area contributed by atoms with E-state index in [1.54, 1.807) is 12.0 Å². The Labute approximate surface area is 120 Å². The van der Waals surface area contributed by atoms with Gasteiger partial charge in [0.1, 0.15) is 5.75 Å². The van der Waals surface area contributed by atoms with E-state index in [1.807, 2.05) is 31.3 Å². The zero-order valence-corrected chi connectivity index (χ0v) is 12.2. The molecule has 1 aliphatic rings. The van der Waals surface area contributed by atoms with E-state index in [9.17, 15) is 4.79 Å². The molecule has 0 saturated carbocycles. The maximum atomic E-state index is 12.2. The number of ether oxygens (including phenoxy) is 1. The lowest BCUT2D eigenvalue weighted by Crippen LogP contribution is -2.41. The van der Waals surface area contributed by atoms with Crippen molar-refractivity contribution in [3.8, 4) is 5.75 Å². The standard InChI is InChI=1S/C14H20N2O2.ClH/c1-16(14(17)12-7-5-9-15-12)10-11-6-3-4-8-13(11)18-2;/h3-4,6,8,12,15H,5,7,9-10H2,1-2H3;1H. The van der Waals surface area contributed by atoms with Crippen molar-refractivity contribution in [1.82, 2.24) is 10.2 Å². The van der Waals surface area contributed by atoms with Crippen LogP contribution in [0.3, 0.4) is 0 Å². The Kier molecular flexibility index (Phi) is 6.12. The largest absolute Gasteiger partial charge is 0.496 e. The smallest absolute Gasteiger partial charge is 0.239 e. The van der Waals surface area contributed by atoms with E-state index >= 15 is 0 Å². The molecular weight excluding hydrogens is 264 g/mol. The fraction of sp³-hybridized carbons (Fsp3) is 0.500. The molecule has 0 spiro atoms. The highest BCUT2D eigenvalue weighted by Gasteiger charge is 2.25. The molecule has 0 aromatic heterocycles. The number of carbonyl (C=O) groups excluding carboxylic acids is 1. The van der Waals surface area contributed by atoms with Gasteiger partial charge in [-0.1, -0.05) is 18.2 Å². The molecule has 106 valence electrons. The van der Waals surface area contributed by atoms with Crippen molar-refractivity contribution in [2.24, 2.45) is 0 Å². The summed E-state index contributed by atoms with van der Waals surface area (Å²) in [7, 11) is 3.49. The third kappa shape index (κ3) is 3.85. The highest BCUT2D eigenvalue weighted by Crippen LogP contribution is 2.19. The van der Waals surface area contributed by atoms with Crippen LogP contribution in [0.5, 0.6) is 5.75 Å². The van der Waals surface area contributed by atoms with Crippen molar-refractivity contribution in [2.45, 2.75) is 25.4 Å². The maximum Gasteiger partial charge on any atom is 0.239 e. The fourth-order valence-corrected chi connectivity index (χ4v) is 2.33. The molecule has 1 heterocycles. The zero-order chi connectivity index (χ0) is 13.0. The van der Waals surface area contributed by atoms with Crippen LogP contribution in [0.15, 0.2) is 24.3 Å². The monoisotopic (exact) mass is 284 g/mol. The minimum absolute atomic E-state index is 0. The number of rotatable bonds is 4. The summed E-state index contributed by atoms with van der Waals surface area (Å²) in [6.07, 6.45) is 2.02. The first kappa shape index (κ1) is 15.8. The van der Waals surface area contributed by atoms with Crippen LogP contribution < -0.4 is 10.1 Å². The van der Waals surface area contributed by atoms with Crippen LogP contribution in [-0.4, -0.2) is 37.6 Å². The van der Waals surface area contributed by atoms with Crippen LogP contribution in [0.25, 0.3) is 0 Å². The van der Waals surface area contributed by atoms with Crippen LogP contribution in [0, 0.1) is 0 Å². The van der Waals surface area contributed by atoms with E-state index in [-0.39, 0.29) is 24.4 Å². The Bertz CT molecular complexity index is 420. The van der Waals surface area contributed by atoms with Gasteiger partial charge in [0.05, 0.1) is 13.2 Å². The second kappa shape index (κ2) is 7.36. The van der Waals surface area contributed by atoms with E-state index < -0.39 is 0 Å². The lowest BCUT2D eigenvalue weighted by atomic mass is 10.1. The van der Waals surface area contributed by atoms with Crippen molar-refractivity contribution in [1.29, 1.82) is 0 Å². The molecule has 5 heteroatoms. The minimum atomic E-state index is -0.00953. The molecule has 1 N–H and O–H groups in total. The van der Waals surface area contributed by atoms with Gasteiger partial charge in [-0.05, 0) is 25.5 Å². The summed E-state index contributed by atoms with van der Waals surface area (Å²) in [5.41, 5.74) is 1.04. The predicted molar refractivity (Wildman–Crippen MR) is 77.7 cm³/mol. The number of benzene rings is 1. The van der Waals surface area contributed by atoms with Crippen molar-refractivity contribution in [3.63, 3.8) is 0 Å². The molecule has 1 saturated heterocycles. The lowest BCUT2D eigenvalue weighted by Gasteiger charge is -2.22. The third-order valence-electron chi connectivity index (χ3n) is 3.33. The van der Waals surface area contributed by atoms with Gasteiger partial charge in [0.15, 0.2) is 0 Å². The van der Waals surface area contributed by atoms with Gasteiger partial charge < -0.3 is 15.0 Å². The first-order chi connectivity index (χ1) is 8.72. The van der Waals surface area contributed by atoms with Crippen molar-refractivity contribution in [2.75, 3.05) is 20.7 Å². The zero-order valence-electron chi connectivity index (χ0n) is 11.4. The quantitative estimate of drug-likeness (QED) is 0.917. The fourth-order valence-electron chi connectivity index (χ4n) is 2.33. The normalized spacial score (nSPS) is 17.7. The predicted octanol–water partition coefficient (Wildman–Crippen LogP) is 1.83. The first-order valence-electron chi connectivity index (χ1n) is 6.32. The van der Waals surface area contributed by atoms with E-state index in [4.69, 9.17) is 4.74 Å². The molecule has 1 fully saturated rings. The molecule has 1 aromatic carbocycles. The minimum Gasteiger partial charge on any atom is -0.496 e. The molecule has 1 unspecified atom stereocenters. The van der Waals surface area contributed by atoms with Gasteiger partial charge in [-0.25, -0.2) is 0 Å². The van der Waals surface area contributed by atoms with Crippen LogP contribution in [-0.2, 0) is 11.3 Å². The average molecular weight is 285 g/mol. The Morgan fingerprint density at radius 2 is 2.21 bits per heavy atom. The molecule has 2 rings (SSSR count). The van der Waals surface area contributed by atoms with Crippen LogP contribution >= 0.6 is 12.4 Å². The summed E-state index contributed by atoms with van der Waals surface area (Å²) in [6.45, 7) is 1.53. The molecule has 1 atom stereocenters. The molecule has 0 aliphatic carbocycles. The average Bonchev–Trinajstić information content (AvgIpc) is 2.92. The van der Waals surface area contributed by atoms with Crippen LogP contribution in [0.1, 0.15) is 18.4 Å². The summed E-state index contributed by atoms with van der Waals surface area (Å²) in [6, 6.07) is 7.79. The van der Waals surface area contributed by atoms with Crippen molar-refractivity contribution < 1.29 is 9.53 Å². The third-order valence-corrected chi connectivity index (χ3v) is 3.33. The summed E-state index contributed by atoms with van der Waals surface area (Å²) in [5.74, 6) is 0.995. The number of hydrogen-bond donors (Lipinski definition) is 1. The van der Waals surface area contributed by atoms with Gasteiger partial charge in [-0.2, -0.15) is 0 Å². The lowest BCUT2D eigenvalue weighted by molar-refractivity contribution is -0.132. The number of likely N-dealkylation sites (N-methyl/N-ethyl adjacent to an activating group) is 1. The number of halogens is 1. The van der Waals surface area contributed by atoms with Gasteiger partial charge in [0, 0.05) is 19.2 Å². The number of carbonyl (C=O) groups is 1. The Morgan fingerprint density at radius 3 is 2.84 bits per heavy atom. The number of nitrogens with one attached hydrogen (secondary N) is 1. The van der Waals surface area contributed by atoms with E-state index in [2.05, 4.69) is 5.32 Å². The van der Waals surface area contributed by atoms with E-state index in [0.717, 1.165) is 30.7 Å². The molecule has 1 aliphatic heterocycles. The second-order valence-corrected chi connectivity index (χ2v) is 4.66. The molecule has 1 aromatic rings. The van der Waals surface area contributed by atoms with Gasteiger partial charge >= 0.3 is 0 Å². The summed E-state index contributed by atoms with van der Waals surface area (Å²) in [4.78, 5) is 13.9. The number of amides is 1. The number of nitrogens with zero attached hydrogens (tertiary/aromatic N) is 1. The van der Waals surface area contributed by atoms with Gasteiger partial charge in [-0.3, -0.25) is 4.79 Å². The molecule has 19 heavy (non-hydrogen) atoms. The molecule has 4 nitrogen and oxygen atoms in total. The molecule has 0 radical (unpaired) electrons. The second-order valence-electron chi connectivity index (χ2n) is 4.66. The number of methoxy groups -OCH3 is 1. The van der Waals surface area contributed by atoms with E-state index in [1.165, 1.54) is 0 Å². The number of hydrogen-bond acceptors (Lipinski definition) is 3. The summed E-state index contributed by atoms with van der Waals surface area (Å²) < 4.78 is 5.30. The van der Waals surface area contributed by atoms with E-state index in [0.29, 0.717) is 6.54 Å². The highest BCUT2D eigenvalue weighted by atomic mass is 35.5.